The molecule has 0 unspecified atom stereocenters. The zero-order valence-corrected chi connectivity index (χ0v) is 21.9. The highest BCUT2D eigenvalue weighted by Crippen LogP contribution is 2.31. The van der Waals surface area contributed by atoms with Crippen LogP contribution in [0.1, 0.15) is 43.6 Å². The maximum atomic E-state index is 12.7. The van der Waals surface area contributed by atoms with Crippen LogP contribution in [0.4, 0.5) is 5.82 Å². The largest absolute Gasteiger partial charge is 0.394 e. The fourth-order valence-electron chi connectivity index (χ4n) is 4.42. The topological polar surface area (TPSA) is 122 Å². The number of carbonyl (C=O) groups excluding carboxylic acids is 1. The Morgan fingerprint density at radius 1 is 1.22 bits per heavy atom. The summed E-state index contributed by atoms with van der Waals surface area (Å²) in [4.78, 5) is 25.8. The molecule has 0 saturated carbocycles. The molecule has 0 radical (unpaired) electrons. The van der Waals surface area contributed by atoms with Gasteiger partial charge in [0.05, 0.1) is 34.6 Å². The molecule has 2 atom stereocenters. The standard InChI is InChI=1S/C26H33N7O2S/c1-5-32(6-2)17(4)12-19-18(24(27)35)13-22(30-25(19)29-16(3)15-34)20-14-28-33-10-9-21(31-26(20)33)23-8-7-11-36-23/h7-11,13-14,16-17,34H,5-6,12,15H2,1-4H3,(H2,27,35)(H,29,30)/t16-,17-/m0/s1. The van der Waals surface area contributed by atoms with Crippen LogP contribution in [0.3, 0.4) is 0 Å². The Bertz CT molecular complexity index is 1330. The number of pyridine rings is 1. The van der Waals surface area contributed by atoms with Gasteiger partial charge in [-0.05, 0) is 56.9 Å². The van der Waals surface area contributed by atoms with Gasteiger partial charge in [-0.15, -0.1) is 11.3 Å². The highest BCUT2D eigenvalue weighted by atomic mass is 32.1. The van der Waals surface area contributed by atoms with Crippen LogP contribution in [-0.2, 0) is 6.42 Å². The van der Waals surface area contributed by atoms with Crippen LogP contribution in [0.15, 0.2) is 42.0 Å². The molecule has 10 heteroatoms. The summed E-state index contributed by atoms with van der Waals surface area (Å²) < 4.78 is 1.69. The Kier molecular flexibility index (Phi) is 7.97. The molecule has 9 nitrogen and oxygen atoms in total. The summed E-state index contributed by atoms with van der Waals surface area (Å²) in [7, 11) is 0. The minimum atomic E-state index is -0.524. The second kappa shape index (κ2) is 11.2. The first-order valence-electron chi connectivity index (χ1n) is 12.2. The molecule has 0 aliphatic heterocycles. The van der Waals surface area contributed by atoms with Crippen molar-refractivity contribution in [2.75, 3.05) is 25.0 Å². The van der Waals surface area contributed by atoms with Gasteiger partial charge in [0.25, 0.3) is 0 Å². The molecule has 4 aromatic rings. The van der Waals surface area contributed by atoms with E-state index in [9.17, 15) is 9.90 Å². The van der Waals surface area contributed by atoms with Crippen molar-refractivity contribution in [2.45, 2.75) is 46.2 Å². The number of carbonyl (C=O) groups is 1. The van der Waals surface area contributed by atoms with E-state index in [1.54, 1.807) is 28.1 Å². The molecule has 0 aliphatic rings. The monoisotopic (exact) mass is 507 g/mol. The lowest BCUT2D eigenvalue weighted by atomic mass is 9.98. The van der Waals surface area contributed by atoms with Crippen LogP contribution in [0, 0.1) is 0 Å². The lowest BCUT2D eigenvalue weighted by Crippen LogP contribution is -2.35. The zero-order valence-electron chi connectivity index (χ0n) is 21.1. The average molecular weight is 508 g/mol. The van der Waals surface area contributed by atoms with E-state index >= 15 is 0 Å². The first-order chi connectivity index (χ1) is 17.4. The van der Waals surface area contributed by atoms with E-state index in [0.29, 0.717) is 34.7 Å². The molecule has 190 valence electrons. The number of primary amides is 1. The number of nitrogens with zero attached hydrogens (tertiary/aromatic N) is 5. The third kappa shape index (κ3) is 5.25. The van der Waals surface area contributed by atoms with Gasteiger partial charge in [0.1, 0.15) is 5.82 Å². The Morgan fingerprint density at radius 3 is 2.64 bits per heavy atom. The smallest absolute Gasteiger partial charge is 0.249 e. The normalized spacial score (nSPS) is 13.3. The van der Waals surface area contributed by atoms with E-state index in [1.807, 2.05) is 36.7 Å². The van der Waals surface area contributed by atoms with Gasteiger partial charge >= 0.3 is 0 Å². The predicted molar refractivity (Wildman–Crippen MR) is 144 cm³/mol. The summed E-state index contributed by atoms with van der Waals surface area (Å²) >= 11 is 1.61. The summed E-state index contributed by atoms with van der Waals surface area (Å²) in [6, 6.07) is 7.57. The fourth-order valence-corrected chi connectivity index (χ4v) is 5.11. The van der Waals surface area contributed by atoms with Gasteiger partial charge in [0.2, 0.25) is 5.91 Å². The van der Waals surface area contributed by atoms with Crippen LogP contribution in [-0.4, -0.2) is 67.3 Å². The third-order valence-electron chi connectivity index (χ3n) is 6.40. The number of thiophene rings is 1. The quantitative estimate of drug-likeness (QED) is 0.283. The molecule has 0 saturated heterocycles. The summed E-state index contributed by atoms with van der Waals surface area (Å²) in [6.07, 6.45) is 4.15. The Hall–Kier alpha value is -3.34. The Labute approximate surface area is 215 Å². The van der Waals surface area contributed by atoms with E-state index in [2.05, 4.69) is 36.1 Å². The first-order valence-corrected chi connectivity index (χ1v) is 13.1. The third-order valence-corrected chi connectivity index (χ3v) is 7.29. The molecule has 4 rings (SSSR count). The maximum absolute atomic E-state index is 12.7. The summed E-state index contributed by atoms with van der Waals surface area (Å²) in [5.74, 6) is 0.0134. The molecule has 0 fully saturated rings. The van der Waals surface area contributed by atoms with Crippen LogP contribution >= 0.6 is 11.3 Å². The van der Waals surface area contributed by atoms with Gasteiger partial charge in [-0.1, -0.05) is 19.9 Å². The Morgan fingerprint density at radius 2 is 2.00 bits per heavy atom. The number of nitrogens with two attached hydrogens (primary N) is 1. The number of nitrogens with one attached hydrogen (secondary N) is 1. The Balaban J connectivity index is 1.86. The van der Waals surface area contributed by atoms with Gasteiger partial charge in [-0.2, -0.15) is 5.10 Å². The minimum Gasteiger partial charge on any atom is -0.394 e. The summed E-state index contributed by atoms with van der Waals surface area (Å²) in [5.41, 5.74) is 9.75. The van der Waals surface area contributed by atoms with Gasteiger partial charge in [-0.25, -0.2) is 14.5 Å². The molecule has 0 spiro atoms. The number of aliphatic hydroxyl groups is 1. The lowest BCUT2D eigenvalue weighted by molar-refractivity contribution is 0.0999. The van der Waals surface area contributed by atoms with E-state index in [-0.39, 0.29) is 18.7 Å². The van der Waals surface area contributed by atoms with E-state index in [1.165, 1.54) is 0 Å². The van der Waals surface area contributed by atoms with Crippen molar-refractivity contribution in [3.8, 4) is 21.8 Å². The molecule has 4 heterocycles. The van der Waals surface area contributed by atoms with Crippen molar-refractivity contribution in [2.24, 2.45) is 5.73 Å². The molecular weight excluding hydrogens is 474 g/mol. The van der Waals surface area contributed by atoms with Crippen molar-refractivity contribution in [1.82, 2.24) is 24.5 Å². The lowest BCUT2D eigenvalue weighted by Gasteiger charge is -2.28. The minimum absolute atomic E-state index is 0.0781. The number of aromatic nitrogens is 4. The summed E-state index contributed by atoms with van der Waals surface area (Å²) in [5, 5.41) is 19.5. The highest BCUT2D eigenvalue weighted by Gasteiger charge is 2.23. The number of anilines is 1. The van der Waals surface area contributed by atoms with Gasteiger partial charge in [-0.3, -0.25) is 4.79 Å². The molecular formula is C26H33N7O2S. The van der Waals surface area contributed by atoms with Crippen molar-refractivity contribution < 1.29 is 9.90 Å². The zero-order chi connectivity index (χ0) is 25.8. The second-order valence-corrected chi connectivity index (χ2v) is 9.81. The number of hydrogen-bond acceptors (Lipinski definition) is 8. The van der Waals surface area contributed by atoms with Crippen LogP contribution < -0.4 is 11.1 Å². The molecule has 0 aliphatic carbocycles. The second-order valence-electron chi connectivity index (χ2n) is 8.87. The van der Waals surface area contributed by atoms with E-state index in [0.717, 1.165) is 29.2 Å². The SMILES string of the molecule is CCN(CC)[C@@H](C)Cc1c(C(N)=O)cc(-c2cnn3ccc(-c4cccs4)nc23)nc1N[C@@H](C)CO. The van der Waals surface area contributed by atoms with Crippen molar-refractivity contribution in [3.05, 3.63) is 53.2 Å². The first kappa shape index (κ1) is 25.7. The highest BCUT2D eigenvalue weighted by molar-refractivity contribution is 7.13. The average Bonchev–Trinajstić information content (AvgIpc) is 3.55. The van der Waals surface area contributed by atoms with Crippen LogP contribution in [0.2, 0.25) is 0 Å². The molecule has 4 aromatic heterocycles. The van der Waals surface area contributed by atoms with Crippen LogP contribution in [0.5, 0.6) is 0 Å². The maximum Gasteiger partial charge on any atom is 0.249 e. The van der Waals surface area contributed by atoms with E-state index in [4.69, 9.17) is 15.7 Å². The van der Waals surface area contributed by atoms with Gasteiger partial charge < -0.3 is 21.1 Å². The van der Waals surface area contributed by atoms with E-state index < -0.39 is 5.91 Å². The van der Waals surface area contributed by atoms with Crippen molar-refractivity contribution in [1.29, 1.82) is 0 Å². The predicted octanol–water partition coefficient (Wildman–Crippen LogP) is 3.68. The van der Waals surface area contributed by atoms with Gasteiger partial charge in [0.15, 0.2) is 5.65 Å². The number of hydrogen-bond donors (Lipinski definition) is 3. The number of amides is 1. The fraction of sp³-hybridized carbons (Fsp3) is 0.385. The van der Waals surface area contributed by atoms with Gasteiger partial charge in [0, 0.05) is 29.4 Å². The molecule has 36 heavy (non-hydrogen) atoms. The number of rotatable bonds is 11. The van der Waals surface area contributed by atoms with Crippen molar-refractivity contribution >= 4 is 28.7 Å². The molecule has 1 amide bonds. The van der Waals surface area contributed by atoms with Crippen molar-refractivity contribution in [3.63, 3.8) is 0 Å². The molecule has 4 N–H and O–H groups in total. The summed E-state index contributed by atoms with van der Waals surface area (Å²) in [6.45, 7) is 9.94. The molecule has 0 aromatic carbocycles. The number of likely N-dealkylation sites (N-methyl/N-ethyl adjacent to an activating group) is 1. The number of aliphatic hydroxyl groups excluding tert-OH is 1. The number of fused-ring (bicyclic) bond motifs is 1. The van der Waals surface area contributed by atoms with Crippen LogP contribution in [0.25, 0.3) is 27.5 Å². The molecule has 0 bridgehead atoms.